The summed E-state index contributed by atoms with van der Waals surface area (Å²) in [6.07, 6.45) is -2.39. The molecular weight excluding hydrogens is 194 g/mol. The second kappa shape index (κ2) is 4.26. The van der Waals surface area contributed by atoms with Crippen molar-refractivity contribution in [2.75, 3.05) is 12.3 Å². The van der Waals surface area contributed by atoms with Crippen LogP contribution < -0.4 is 5.32 Å². The number of thioether (sulfide) groups is 1. The Kier molecular flexibility index (Phi) is 3.53. The van der Waals surface area contributed by atoms with Gasteiger partial charge >= 0.3 is 0 Å². The smallest absolute Gasteiger partial charge is 0.240 e. The summed E-state index contributed by atoms with van der Waals surface area (Å²) in [5, 5.41) is 3.97. The maximum Gasteiger partial charge on any atom is 0.240 e. The molecule has 2 nitrogen and oxygen atoms in total. The zero-order valence-electron chi connectivity index (χ0n) is 7.81. The predicted octanol–water partition coefficient (Wildman–Crippen LogP) is 2.11. The molecule has 0 bridgehead atoms. The van der Waals surface area contributed by atoms with Gasteiger partial charge in [0.15, 0.2) is 5.17 Å². The first-order valence-electron chi connectivity index (χ1n) is 4.23. The van der Waals surface area contributed by atoms with Crippen LogP contribution in [0.15, 0.2) is 4.99 Å². The van der Waals surface area contributed by atoms with Gasteiger partial charge in [-0.15, -0.1) is 0 Å². The Bertz CT molecular complexity index is 204. The molecule has 0 aromatic rings. The van der Waals surface area contributed by atoms with Gasteiger partial charge in [-0.1, -0.05) is 11.8 Å². The van der Waals surface area contributed by atoms with Crippen LogP contribution in [0.2, 0.25) is 0 Å². The minimum atomic E-state index is -2.25. The molecule has 0 spiro atoms. The van der Waals surface area contributed by atoms with Crippen molar-refractivity contribution in [3.8, 4) is 0 Å². The lowest BCUT2D eigenvalue weighted by Gasteiger charge is -2.15. The van der Waals surface area contributed by atoms with Gasteiger partial charge in [-0.25, -0.2) is 8.78 Å². The predicted molar refractivity (Wildman–Crippen MR) is 52.6 cm³/mol. The monoisotopic (exact) mass is 208 g/mol. The minimum Gasteiger partial charge on any atom is -0.359 e. The third-order valence-electron chi connectivity index (χ3n) is 1.62. The fraction of sp³-hybridized carbons (Fsp3) is 0.875. The van der Waals surface area contributed by atoms with E-state index in [0.29, 0.717) is 0 Å². The molecule has 1 fully saturated rings. The van der Waals surface area contributed by atoms with Gasteiger partial charge in [0.2, 0.25) is 6.43 Å². The van der Waals surface area contributed by atoms with Crippen molar-refractivity contribution < 1.29 is 8.78 Å². The van der Waals surface area contributed by atoms with Crippen LogP contribution in [0.3, 0.4) is 0 Å². The normalized spacial score (nSPS) is 23.9. The zero-order chi connectivity index (χ0) is 9.90. The first-order valence-corrected chi connectivity index (χ1v) is 5.22. The van der Waals surface area contributed by atoms with Crippen molar-refractivity contribution in [1.82, 2.24) is 5.32 Å². The maximum atomic E-state index is 11.8. The second-order valence-electron chi connectivity index (χ2n) is 3.66. The van der Waals surface area contributed by atoms with E-state index in [-0.39, 0.29) is 18.5 Å². The van der Waals surface area contributed by atoms with Gasteiger partial charge in [-0.2, -0.15) is 0 Å². The highest BCUT2D eigenvalue weighted by Gasteiger charge is 2.26. The fourth-order valence-electron chi connectivity index (χ4n) is 0.959. The van der Waals surface area contributed by atoms with Crippen molar-refractivity contribution in [2.24, 2.45) is 4.99 Å². The molecule has 13 heavy (non-hydrogen) atoms. The number of nitrogens with one attached hydrogen (secondary N) is 1. The highest BCUT2D eigenvalue weighted by Crippen LogP contribution is 2.22. The molecule has 1 rings (SSSR count). The van der Waals surface area contributed by atoms with Gasteiger partial charge in [-0.3, -0.25) is 4.99 Å². The Morgan fingerprint density at radius 2 is 2.31 bits per heavy atom. The number of hydrogen-bond donors (Lipinski definition) is 1. The lowest BCUT2D eigenvalue weighted by Crippen LogP contribution is -2.36. The molecule has 0 aromatic carbocycles. The molecule has 0 unspecified atom stereocenters. The van der Waals surface area contributed by atoms with Crippen LogP contribution in [0.4, 0.5) is 8.78 Å². The van der Waals surface area contributed by atoms with E-state index >= 15 is 0 Å². The van der Waals surface area contributed by atoms with E-state index in [0.717, 1.165) is 10.9 Å². The minimum absolute atomic E-state index is 0.0499. The van der Waals surface area contributed by atoms with E-state index in [1.165, 1.54) is 0 Å². The third-order valence-corrected chi connectivity index (χ3v) is 2.99. The molecule has 1 N–H and O–H groups in total. The average Bonchev–Trinajstić information content (AvgIpc) is 2.29. The number of amidine groups is 1. The lowest BCUT2D eigenvalue weighted by atomic mass is 10.1. The van der Waals surface area contributed by atoms with Gasteiger partial charge in [0.1, 0.15) is 0 Å². The molecule has 5 heteroatoms. The quantitative estimate of drug-likeness (QED) is 0.768. The molecule has 0 radical (unpaired) electrons. The number of rotatable bonds is 3. The van der Waals surface area contributed by atoms with Gasteiger partial charge in [0, 0.05) is 24.3 Å². The molecular formula is C8H14F2N2S. The van der Waals surface area contributed by atoms with Gasteiger partial charge in [-0.05, 0) is 13.8 Å². The summed E-state index contributed by atoms with van der Waals surface area (Å²) in [5.74, 6) is 0.945. The van der Waals surface area contributed by atoms with Gasteiger partial charge < -0.3 is 5.32 Å². The topological polar surface area (TPSA) is 24.4 Å². The van der Waals surface area contributed by atoms with Gasteiger partial charge in [0.25, 0.3) is 0 Å². The summed E-state index contributed by atoms with van der Waals surface area (Å²) in [6, 6.07) is 0. The van der Waals surface area contributed by atoms with Crippen molar-refractivity contribution in [2.45, 2.75) is 32.2 Å². The molecule has 1 saturated heterocycles. The summed E-state index contributed by atoms with van der Waals surface area (Å²) in [4.78, 5) is 4.05. The molecule has 0 amide bonds. The maximum absolute atomic E-state index is 11.8. The van der Waals surface area contributed by atoms with Crippen molar-refractivity contribution in [1.29, 1.82) is 0 Å². The Morgan fingerprint density at radius 1 is 1.62 bits per heavy atom. The first-order chi connectivity index (χ1) is 5.99. The van der Waals surface area contributed by atoms with Crippen LogP contribution in [0.25, 0.3) is 0 Å². The van der Waals surface area contributed by atoms with Crippen LogP contribution in [0.1, 0.15) is 20.3 Å². The lowest BCUT2D eigenvalue weighted by molar-refractivity contribution is 0.141. The summed E-state index contributed by atoms with van der Waals surface area (Å²) in [7, 11) is 0. The van der Waals surface area contributed by atoms with E-state index < -0.39 is 6.43 Å². The van der Waals surface area contributed by atoms with Crippen molar-refractivity contribution >= 4 is 16.9 Å². The van der Waals surface area contributed by atoms with Crippen LogP contribution in [0.5, 0.6) is 0 Å². The van der Waals surface area contributed by atoms with Crippen LogP contribution in [-0.2, 0) is 0 Å². The molecule has 0 atom stereocenters. The zero-order valence-corrected chi connectivity index (χ0v) is 8.63. The molecule has 0 saturated carbocycles. The van der Waals surface area contributed by atoms with Crippen molar-refractivity contribution in [3.05, 3.63) is 0 Å². The van der Waals surface area contributed by atoms with Crippen molar-refractivity contribution in [3.63, 3.8) is 0 Å². The number of halogens is 2. The molecule has 1 aliphatic heterocycles. The van der Waals surface area contributed by atoms with Gasteiger partial charge in [0.05, 0.1) is 0 Å². The summed E-state index contributed by atoms with van der Waals surface area (Å²) in [6.45, 7) is 4.34. The summed E-state index contributed by atoms with van der Waals surface area (Å²) >= 11 is 1.59. The summed E-state index contributed by atoms with van der Waals surface area (Å²) < 4.78 is 23.5. The number of aliphatic imine (C=N–C) groups is 1. The van der Waals surface area contributed by atoms with E-state index in [4.69, 9.17) is 0 Å². The molecule has 76 valence electrons. The largest absolute Gasteiger partial charge is 0.359 e. The summed E-state index contributed by atoms with van der Waals surface area (Å²) in [5.41, 5.74) is 0.0499. The second-order valence-corrected chi connectivity index (χ2v) is 4.63. The SMILES string of the molecule is CC1(C)CSC(=NCCC(F)F)N1. The van der Waals surface area contributed by atoms with E-state index in [1.807, 2.05) is 0 Å². The van der Waals surface area contributed by atoms with Crippen LogP contribution in [-0.4, -0.2) is 29.4 Å². The standard InChI is InChI=1S/C8H14F2N2S/c1-8(2)5-13-7(12-8)11-4-3-6(9)10/h6H,3-5H2,1-2H3,(H,11,12). The third kappa shape index (κ3) is 3.93. The highest BCUT2D eigenvalue weighted by molar-refractivity contribution is 8.14. The van der Waals surface area contributed by atoms with E-state index in [2.05, 4.69) is 24.2 Å². The van der Waals surface area contributed by atoms with Crippen LogP contribution in [0, 0.1) is 0 Å². The Balaban J connectivity index is 2.29. The Morgan fingerprint density at radius 3 is 2.77 bits per heavy atom. The fourth-order valence-corrected chi connectivity index (χ4v) is 2.06. The molecule has 0 aliphatic carbocycles. The molecule has 0 aromatic heterocycles. The average molecular weight is 208 g/mol. The highest BCUT2D eigenvalue weighted by atomic mass is 32.2. The Labute approximate surface area is 81.2 Å². The number of nitrogens with zero attached hydrogens (tertiary/aromatic N) is 1. The van der Waals surface area contributed by atoms with Crippen LogP contribution >= 0.6 is 11.8 Å². The van der Waals surface area contributed by atoms with E-state index in [9.17, 15) is 8.78 Å². The van der Waals surface area contributed by atoms with E-state index in [1.54, 1.807) is 11.8 Å². The molecule has 1 heterocycles. The first kappa shape index (κ1) is 10.8. The molecule has 1 aliphatic rings. The Hall–Kier alpha value is -0.320. The number of hydrogen-bond acceptors (Lipinski definition) is 2. The number of alkyl halides is 2.